The summed E-state index contributed by atoms with van der Waals surface area (Å²) in [4.78, 5) is 73.1. The molecular formula is C85H144O17P2. The average Bonchev–Trinajstić information content (AvgIpc) is 0.911. The number of phosphoric acid groups is 2. The number of carbonyl (C=O) groups excluding carboxylic acids is 4. The van der Waals surface area contributed by atoms with Gasteiger partial charge in [-0.3, -0.25) is 37.3 Å². The second-order valence-corrected chi connectivity index (χ2v) is 29.5. The number of hydrogen-bond donors (Lipinski definition) is 3. The second-order valence-electron chi connectivity index (χ2n) is 26.6. The van der Waals surface area contributed by atoms with E-state index in [-0.39, 0.29) is 25.7 Å². The minimum absolute atomic E-state index is 0.0649. The molecule has 0 aliphatic heterocycles. The van der Waals surface area contributed by atoms with E-state index < -0.39 is 97.5 Å². The van der Waals surface area contributed by atoms with Crippen LogP contribution in [0.5, 0.6) is 0 Å². The van der Waals surface area contributed by atoms with E-state index in [9.17, 15) is 43.2 Å². The number of hydrogen-bond acceptors (Lipinski definition) is 15. The third kappa shape index (κ3) is 75.4. The van der Waals surface area contributed by atoms with Gasteiger partial charge in [0.2, 0.25) is 0 Å². The van der Waals surface area contributed by atoms with Crippen LogP contribution in [0, 0.1) is 0 Å². The van der Waals surface area contributed by atoms with Crippen LogP contribution in [0.4, 0.5) is 0 Å². The van der Waals surface area contributed by atoms with E-state index in [1.165, 1.54) is 51.4 Å². The Kier molecular flexibility index (Phi) is 72.9. The summed E-state index contributed by atoms with van der Waals surface area (Å²) in [6, 6.07) is 0. The van der Waals surface area contributed by atoms with Crippen molar-refractivity contribution in [3.63, 3.8) is 0 Å². The van der Waals surface area contributed by atoms with E-state index >= 15 is 0 Å². The summed E-state index contributed by atoms with van der Waals surface area (Å²) >= 11 is 0. The van der Waals surface area contributed by atoms with Gasteiger partial charge >= 0.3 is 39.5 Å². The molecular weight excluding hydrogens is 1350 g/mol. The maximum Gasteiger partial charge on any atom is 0.472 e. The number of phosphoric ester groups is 2. The van der Waals surface area contributed by atoms with Gasteiger partial charge in [0.15, 0.2) is 12.2 Å². The predicted molar refractivity (Wildman–Crippen MR) is 427 cm³/mol. The largest absolute Gasteiger partial charge is 0.472 e. The molecule has 0 aliphatic carbocycles. The van der Waals surface area contributed by atoms with Gasteiger partial charge < -0.3 is 33.8 Å². The molecule has 0 fully saturated rings. The number of unbranched alkanes of at least 4 members (excludes halogenated alkanes) is 27. The van der Waals surface area contributed by atoms with E-state index in [4.69, 9.17) is 37.0 Å². The van der Waals surface area contributed by atoms with Crippen LogP contribution in [-0.4, -0.2) is 96.7 Å². The summed E-state index contributed by atoms with van der Waals surface area (Å²) in [6.07, 6.45) is 85.7. The van der Waals surface area contributed by atoms with E-state index in [1.807, 2.05) is 0 Å². The number of aliphatic hydroxyl groups excluding tert-OH is 1. The summed E-state index contributed by atoms with van der Waals surface area (Å²) in [5.41, 5.74) is 0. The molecule has 0 bridgehead atoms. The van der Waals surface area contributed by atoms with Crippen LogP contribution < -0.4 is 0 Å². The summed E-state index contributed by atoms with van der Waals surface area (Å²) < 4.78 is 68.6. The molecule has 0 saturated heterocycles. The van der Waals surface area contributed by atoms with Crippen LogP contribution >= 0.6 is 15.6 Å². The quantitative estimate of drug-likeness (QED) is 0.0169. The lowest BCUT2D eigenvalue weighted by molar-refractivity contribution is -0.161. The molecule has 5 unspecified atom stereocenters. The van der Waals surface area contributed by atoms with Crippen LogP contribution in [0.15, 0.2) is 134 Å². The maximum atomic E-state index is 13.1. The molecule has 5 atom stereocenters. The van der Waals surface area contributed by atoms with Gasteiger partial charge in [0, 0.05) is 25.7 Å². The second kappa shape index (κ2) is 76.4. The molecule has 0 heterocycles. The van der Waals surface area contributed by atoms with Crippen molar-refractivity contribution in [2.45, 2.75) is 341 Å². The van der Waals surface area contributed by atoms with Gasteiger partial charge in [-0.1, -0.05) is 296 Å². The van der Waals surface area contributed by atoms with E-state index in [0.29, 0.717) is 25.7 Å². The van der Waals surface area contributed by atoms with Crippen molar-refractivity contribution < 1.29 is 80.2 Å². The zero-order chi connectivity index (χ0) is 76.0. The lowest BCUT2D eigenvalue weighted by atomic mass is 10.0. The number of rotatable bonds is 75. The molecule has 19 heteroatoms. The SMILES string of the molecule is CC/C=C\C/C=C\C/C=C\C/C=C\C/C=C\CCCCCC(=O)OCC(COP(=O)(O)OCC(O)COP(=O)(O)OCC(COC(=O)CCCCCCCCC/C=C\C/C=C\C/C=C\CC)OC(=O)CCCCCCCCCCCCCCC)OC(=O)CCCCCCC/C=C\C/C=C\C/C=C\CC. The van der Waals surface area contributed by atoms with E-state index in [0.717, 1.165) is 193 Å². The monoisotopic (exact) mass is 1500 g/mol. The number of aliphatic hydroxyl groups is 1. The Hall–Kier alpha value is -4.80. The van der Waals surface area contributed by atoms with Crippen LogP contribution in [0.1, 0.15) is 323 Å². The average molecular weight is 1500 g/mol. The molecule has 0 aliphatic rings. The third-order valence-corrected chi connectivity index (χ3v) is 18.5. The zero-order valence-corrected chi connectivity index (χ0v) is 66.9. The Morgan fingerprint density at radius 3 is 0.779 bits per heavy atom. The molecule has 0 spiro atoms. The Balaban J connectivity index is 5.39. The highest BCUT2D eigenvalue weighted by atomic mass is 31.2. The Bertz CT molecular complexity index is 2490. The first-order valence-electron chi connectivity index (χ1n) is 40.4. The third-order valence-electron chi connectivity index (χ3n) is 16.6. The first kappa shape index (κ1) is 99.2. The topological polar surface area (TPSA) is 237 Å². The standard InChI is InChI=1S/C85H144O17P2/c1-5-9-13-17-21-25-29-33-36-38-39-41-44-47-50-54-58-62-66-70-83(88)96-76-81(102-85(90)72-68-64-60-56-52-48-42-35-31-27-23-19-15-11-7-3)78-100-104(93,94)98-74-79(86)73-97-103(91,92)99-77-80(101-84(89)71-67-63-59-55-51-45-32-28-24-20-16-12-8-4)75-95-82(87)69-65-61-57-53-49-46-43-40-37-34-30-26-22-18-14-10-6-2/h9-11,13-15,21-23,25-27,33-37,39,41-42,47,50,79-81,86H,5-8,12,16-20,24,28-32,38,40,43-46,48-49,51-78H2,1-4H3,(H,91,92)(H,93,94)/b13-9-,14-10-,15-11-,25-21-,26-22-,27-23-,36-33-,37-34-,41-39-,42-35-,50-47-. The van der Waals surface area contributed by atoms with Crippen LogP contribution in [0.25, 0.3) is 0 Å². The minimum Gasteiger partial charge on any atom is -0.462 e. The number of carbonyl (C=O) groups is 4. The van der Waals surface area contributed by atoms with Crippen molar-refractivity contribution >= 4 is 39.5 Å². The highest BCUT2D eigenvalue weighted by Crippen LogP contribution is 2.45. The van der Waals surface area contributed by atoms with Crippen molar-refractivity contribution in [3.05, 3.63) is 134 Å². The number of ether oxygens (including phenoxy) is 4. The highest BCUT2D eigenvalue weighted by Gasteiger charge is 2.30. The molecule has 596 valence electrons. The van der Waals surface area contributed by atoms with Gasteiger partial charge in [0.1, 0.15) is 19.3 Å². The molecule has 0 radical (unpaired) electrons. The summed E-state index contributed by atoms with van der Waals surface area (Å²) in [5.74, 6) is -2.23. The Labute approximate surface area is 631 Å². The molecule has 17 nitrogen and oxygen atoms in total. The van der Waals surface area contributed by atoms with Crippen molar-refractivity contribution in [1.29, 1.82) is 0 Å². The fourth-order valence-electron chi connectivity index (χ4n) is 10.6. The van der Waals surface area contributed by atoms with Crippen molar-refractivity contribution in [3.8, 4) is 0 Å². The predicted octanol–water partition coefficient (Wildman–Crippen LogP) is 23.7. The fraction of sp³-hybridized carbons (Fsp3) is 0.694. The Morgan fingerprint density at radius 1 is 0.279 bits per heavy atom. The molecule has 0 aromatic heterocycles. The van der Waals surface area contributed by atoms with Crippen molar-refractivity contribution in [1.82, 2.24) is 0 Å². The molecule has 3 N–H and O–H groups in total. The maximum absolute atomic E-state index is 13.1. The Morgan fingerprint density at radius 2 is 0.500 bits per heavy atom. The van der Waals surface area contributed by atoms with E-state index in [1.54, 1.807) is 0 Å². The van der Waals surface area contributed by atoms with Gasteiger partial charge in [-0.15, -0.1) is 0 Å². The molecule has 0 aromatic rings. The van der Waals surface area contributed by atoms with Gasteiger partial charge in [0.25, 0.3) is 0 Å². The first-order valence-corrected chi connectivity index (χ1v) is 43.4. The van der Waals surface area contributed by atoms with Crippen LogP contribution in [-0.2, 0) is 65.4 Å². The number of allylic oxidation sites excluding steroid dienone is 22. The minimum atomic E-state index is -4.99. The molecule has 0 amide bonds. The lowest BCUT2D eigenvalue weighted by Crippen LogP contribution is -2.30. The van der Waals surface area contributed by atoms with Gasteiger partial charge in [0.05, 0.1) is 26.4 Å². The summed E-state index contributed by atoms with van der Waals surface area (Å²) in [5, 5.41) is 10.6. The molecule has 104 heavy (non-hydrogen) atoms. The highest BCUT2D eigenvalue weighted by molar-refractivity contribution is 7.47. The van der Waals surface area contributed by atoms with Gasteiger partial charge in [-0.05, 0) is 135 Å². The van der Waals surface area contributed by atoms with Gasteiger partial charge in [-0.25, -0.2) is 9.13 Å². The zero-order valence-electron chi connectivity index (χ0n) is 65.2. The van der Waals surface area contributed by atoms with Crippen molar-refractivity contribution in [2.24, 2.45) is 0 Å². The van der Waals surface area contributed by atoms with Gasteiger partial charge in [-0.2, -0.15) is 0 Å². The van der Waals surface area contributed by atoms with Crippen molar-refractivity contribution in [2.75, 3.05) is 39.6 Å². The first-order chi connectivity index (χ1) is 50.7. The molecule has 0 rings (SSSR count). The summed E-state index contributed by atoms with van der Waals surface area (Å²) in [6.45, 7) is 4.50. The summed E-state index contributed by atoms with van der Waals surface area (Å²) in [7, 11) is -9.98. The van der Waals surface area contributed by atoms with Crippen LogP contribution in [0.2, 0.25) is 0 Å². The lowest BCUT2D eigenvalue weighted by Gasteiger charge is -2.21. The normalized spacial score (nSPS) is 14.6. The molecule has 0 aromatic carbocycles. The van der Waals surface area contributed by atoms with E-state index in [2.05, 4.69) is 161 Å². The van der Waals surface area contributed by atoms with Crippen LogP contribution in [0.3, 0.4) is 0 Å². The number of esters is 4. The fourth-order valence-corrected chi connectivity index (χ4v) is 12.1. The smallest absolute Gasteiger partial charge is 0.462 e. The molecule has 0 saturated carbocycles.